The Bertz CT molecular complexity index is 537. The highest BCUT2D eigenvalue weighted by Crippen LogP contribution is 2.25. The third-order valence-electron chi connectivity index (χ3n) is 2.98. The first kappa shape index (κ1) is 13.4. The Morgan fingerprint density at radius 3 is 2.72 bits per heavy atom. The molecule has 0 amide bonds. The van der Waals surface area contributed by atoms with Gasteiger partial charge in [0.2, 0.25) is 0 Å². The van der Waals surface area contributed by atoms with E-state index in [1.807, 2.05) is 31.3 Å². The van der Waals surface area contributed by atoms with Crippen molar-refractivity contribution in [2.24, 2.45) is 0 Å². The van der Waals surface area contributed by atoms with Crippen LogP contribution in [0.3, 0.4) is 0 Å². The molecule has 0 aliphatic carbocycles. The van der Waals surface area contributed by atoms with Crippen LogP contribution in [0.15, 0.2) is 24.4 Å². The van der Waals surface area contributed by atoms with Gasteiger partial charge in [-0.15, -0.1) is 0 Å². The summed E-state index contributed by atoms with van der Waals surface area (Å²) < 4.78 is 0. The van der Waals surface area contributed by atoms with Crippen LogP contribution in [-0.4, -0.2) is 10.2 Å². The molecule has 0 saturated carbocycles. The molecule has 1 unspecified atom stereocenters. The molecule has 1 atom stereocenters. The Morgan fingerprint density at radius 1 is 1.33 bits per heavy atom. The van der Waals surface area contributed by atoms with Crippen molar-refractivity contribution >= 4 is 23.2 Å². The van der Waals surface area contributed by atoms with Crippen LogP contribution in [0.5, 0.6) is 0 Å². The van der Waals surface area contributed by atoms with E-state index in [-0.39, 0.29) is 6.04 Å². The van der Waals surface area contributed by atoms with Gasteiger partial charge in [-0.2, -0.15) is 5.10 Å². The molecule has 0 aliphatic heterocycles. The molecule has 1 aromatic carbocycles. The molecule has 1 heterocycles. The van der Waals surface area contributed by atoms with Gasteiger partial charge in [0, 0.05) is 23.8 Å². The smallest absolute Gasteiger partial charge is 0.0595 e. The predicted molar refractivity (Wildman–Crippen MR) is 75.0 cm³/mol. The highest BCUT2D eigenvalue weighted by Gasteiger charge is 2.08. The Hall–Kier alpha value is -1.03. The van der Waals surface area contributed by atoms with Gasteiger partial charge in [-0.3, -0.25) is 5.10 Å². The molecule has 1 aromatic heterocycles. The summed E-state index contributed by atoms with van der Waals surface area (Å²) in [4.78, 5) is 0. The summed E-state index contributed by atoms with van der Waals surface area (Å²) >= 11 is 11.9. The molecule has 0 radical (unpaired) electrons. The lowest BCUT2D eigenvalue weighted by atomic mass is 10.1. The molecule has 2 N–H and O–H groups in total. The predicted octanol–water partition coefficient (Wildman–Crippen LogP) is 3.88. The van der Waals surface area contributed by atoms with Crippen molar-refractivity contribution in [3.05, 3.63) is 51.3 Å². The second-order valence-corrected chi connectivity index (χ2v) is 5.11. The number of aromatic nitrogens is 2. The number of aromatic amines is 1. The third-order valence-corrected chi connectivity index (χ3v) is 3.72. The Labute approximate surface area is 117 Å². The van der Waals surface area contributed by atoms with E-state index < -0.39 is 0 Å². The summed E-state index contributed by atoms with van der Waals surface area (Å²) in [5, 5.41) is 11.5. The molecule has 2 aromatic rings. The van der Waals surface area contributed by atoms with Crippen molar-refractivity contribution < 1.29 is 0 Å². The molecule has 0 saturated heterocycles. The quantitative estimate of drug-likeness (QED) is 0.894. The van der Waals surface area contributed by atoms with Crippen molar-refractivity contribution in [1.82, 2.24) is 15.5 Å². The molecule has 96 valence electrons. The molecule has 0 spiro atoms. The minimum Gasteiger partial charge on any atom is -0.306 e. The number of halogens is 2. The van der Waals surface area contributed by atoms with Gasteiger partial charge in [0.15, 0.2) is 0 Å². The van der Waals surface area contributed by atoms with Crippen LogP contribution in [0.4, 0.5) is 0 Å². The van der Waals surface area contributed by atoms with Crippen molar-refractivity contribution in [2.75, 3.05) is 0 Å². The lowest BCUT2D eigenvalue weighted by molar-refractivity contribution is 0.573. The van der Waals surface area contributed by atoms with Crippen molar-refractivity contribution in [1.29, 1.82) is 0 Å². The Balaban J connectivity index is 2.01. The average Bonchev–Trinajstić information content (AvgIpc) is 2.75. The number of rotatable bonds is 4. The molecule has 2 rings (SSSR count). The average molecular weight is 284 g/mol. The molecule has 0 fully saturated rings. The molecule has 3 nitrogen and oxygen atoms in total. The van der Waals surface area contributed by atoms with Crippen LogP contribution in [0, 0.1) is 6.92 Å². The SMILES string of the molecule is Cc1[nH]ncc1CNC(C)c1ccc(Cl)c(Cl)c1. The molecular formula is C13H15Cl2N3. The molecule has 5 heteroatoms. The monoisotopic (exact) mass is 283 g/mol. The van der Waals surface area contributed by atoms with Crippen molar-refractivity contribution in [3.8, 4) is 0 Å². The number of H-pyrrole nitrogens is 1. The first-order chi connectivity index (χ1) is 8.58. The van der Waals surface area contributed by atoms with Crippen molar-refractivity contribution in [2.45, 2.75) is 26.4 Å². The van der Waals surface area contributed by atoms with E-state index in [1.54, 1.807) is 0 Å². The number of hydrogen-bond acceptors (Lipinski definition) is 2. The molecule has 0 bridgehead atoms. The standard InChI is InChI=1S/C13H15Cl2N3/c1-8(10-3-4-12(14)13(15)5-10)16-6-11-7-17-18-9(11)2/h3-5,7-8,16H,6H2,1-2H3,(H,17,18). The Morgan fingerprint density at radius 2 is 2.11 bits per heavy atom. The summed E-state index contributed by atoms with van der Waals surface area (Å²) in [7, 11) is 0. The second-order valence-electron chi connectivity index (χ2n) is 4.30. The fourth-order valence-electron chi connectivity index (χ4n) is 1.72. The Kier molecular flexibility index (Phi) is 4.27. The van der Waals surface area contributed by atoms with Gasteiger partial charge in [0.25, 0.3) is 0 Å². The lowest BCUT2D eigenvalue weighted by Gasteiger charge is -2.14. The van der Waals surface area contributed by atoms with E-state index in [9.17, 15) is 0 Å². The summed E-state index contributed by atoms with van der Waals surface area (Å²) in [6, 6.07) is 5.90. The van der Waals surface area contributed by atoms with Crippen LogP contribution >= 0.6 is 23.2 Å². The van der Waals surface area contributed by atoms with Gasteiger partial charge < -0.3 is 5.32 Å². The summed E-state index contributed by atoms with van der Waals surface area (Å²) in [5.74, 6) is 0. The van der Waals surface area contributed by atoms with Crippen LogP contribution < -0.4 is 5.32 Å². The maximum absolute atomic E-state index is 6.01. The fourth-order valence-corrected chi connectivity index (χ4v) is 2.02. The second kappa shape index (κ2) is 5.74. The molecular weight excluding hydrogens is 269 g/mol. The number of benzene rings is 1. The minimum atomic E-state index is 0.203. The highest BCUT2D eigenvalue weighted by molar-refractivity contribution is 6.42. The van der Waals surface area contributed by atoms with Crippen LogP contribution in [0.1, 0.15) is 29.8 Å². The molecule has 18 heavy (non-hydrogen) atoms. The van der Waals surface area contributed by atoms with Gasteiger partial charge >= 0.3 is 0 Å². The maximum atomic E-state index is 6.01. The highest BCUT2D eigenvalue weighted by atomic mass is 35.5. The van der Waals surface area contributed by atoms with Crippen molar-refractivity contribution in [3.63, 3.8) is 0 Å². The van der Waals surface area contributed by atoms with Gasteiger partial charge in [-0.25, -0.2) is 0 Å². The van der Waals surface area contributed by atoms with Crippen LogP contribution in [0.2, 0.25) is 10.0 Å². The van der Waals surface area contributed by atoms with Crippen LogP contribution in [0.25, 0.3) is 0 Å². The number of aryl methyl sites for hydroxylation is 1. The van der Waals surface area contributed by atoms with E-state index in [2.05, 4.69) is 22.4 Å². The fraction of sp³-hybridized carbons (Fsp3) is 0.308. The van der Waals surface area contributed by atoms with Crippen LogP contribution in [-0.2, 0) is 6.54 Å². The van der Waals surface area contributed by atoms with Gasteiger partial charge in [0.05, 0.1) is 16.2 Å². The maximum Gasteiger partial charge on any atom is 0.0595 e. The zero-order chi connectivity index (χ0) is 13.1. The van der Waals surface area contributed by atoms with Gasteiger partial charge in [-0.1, -0.05) is 29.3 Å². The minimum absolute atomic E-state index is 0.203. The van der Waals surface area contributed by atoms with E-state index in [1.165, 1.54) is 5.56 Å². The first-order valence-electron chi connectivity index (χ1n) is 5.75. The number of nitrogens with zero attached hydrogens (tertiary/aromatic N) is 1. The van der Waals surface area contributed by atoms with E-state index >= 15 is 0 Å². The van der Waals surface area contributed by atoms with Gasteiger partial charge in [-0.05, 0) is 31.5 Å². The summed E-state index contributed by atoms with van der Waals surface area (Å²) in [6.07, 6.45) is 1.84. The summed E-state index contributed by atoms with van der Waals surface area (Å²) in [5.41, 5.74) is 3.37. The first-order valence-corrected chi connectivity index (χ1v) is 6.50. The number of hydrogen-bond donors (Lipinski definition) is 2. The topological polar surface area (TPSA) is 40.7 Å². The van der Waals surface area contributed by atoms with E-state index in [4.69, 9.17) is 23.2 Å². The summed E-state index contributed by atoms with van der Waals surface area (Å²) in [6.45, 7) is 4.87. The zero-order valence-electron chi connectivity index (χ0n) is 10.3. The number of nitrogens with one attached hydrogen (secondary N) is 2. The van der Waals surface area contributed by atoms with E-state index in [0.717, 1.165) is 17.8 Å². The molecule has 0 aliphatic rings. The van der Waals surface area contributed by atoms with Gasteiger partial charge in [0.1, 0.15) is 0 Å². The third kappa shape index (κ3) is 3.05. The van der Waals surface area contributed by atoms with E-state index in [0.29, 0.717) is 10.0 Å². The largest absolute Gasteiger partial charge is 0.306 e. The normalized spacial score (nSPS) is 12.7. The zero-order valence-corrected chi connectivity index (χ0v) is 11.8. The lowest BCUT2D eigenvalue weighted by Crippen LogP contribution is -2.18.